The van der Waals surface area contributed by atoms with Gasteiger partial charge in [0.05, 0.1) is 27.7 Å². The first-order chi connectivity index (χ1) is 16.5. The normalized spacial score (nSPS) is 11.3. The molecule has 0 aliphatic rings. The van der Waals surface area contributed by atoms with Crippen LogP contribution in [0.25, 0.3) is 33.6 Å². The molecule has 0 spiro atoms. The zero-order valence-electron chi connectivity index (χ0n) is 17.6. The topological polar surface area (TPSA) is 97.7 Å². The van der Waals surface area contributed by atoms with E-state index in [0.717, 1.165) is 5.56 Å². The van der Waals surface area contributed by atoms with Crippen LogP contribution in [0.1, 0.15) is 16.1 Å². The van der Waals surface area contributed by atoms with Gasteiger partial charge in [-0.15, -0.1) is 0 Å². The van der Waals surface area contributed by atoms with Gasteiger partial charge in [-0.05, 0) is 42.5 Å². The second kappa shape index (κ2) is 8.80. The lowest BCUT2D eigenvalue weighted by Crippen LogP contribution is -2.20. The van der Waals surface area contributed by atoms with Gasteiger partial charge in [-0.25, -0.2) is 9.78 Å². The molecule has 1 N–H and O–H groups in total. The summed E-state index contributed by atoms with van der Waals surface area (Å²) in [4.78, 5) is 29.2. The Bertz CT molecular complexity index is 1620. The number of carboxylic acids is 1. The van der Waals surface area contributed by atoms with Gasteiger partial charge < -0.3 is 9.52 Å². The van der Waals surface area contributed by atoms with Crippen molar-refractivity contribution in [2.24, 2.45) is 5.10 Å². The average molecular weight is 470 g/mol. The smallest absolute Gasteiger partial charge is 0.335 e. The van der Waals surface area contributed by atoms with E-state index >= 15 is 0 Å². The highest BCUT2D eigenvalue weighted by Gasteiger charge is 2.14. The first-order valence-electron chi connectivity index (χ1n) is 10.3. The van der Waals surface area contributed by atoms with Crippen LogP contribution in [0.2, 0.25) is 5.02 Å². The molecule has 166 valence electrons. The molecular formula is C26H16ClN3O4. The first-order valence-corrected chi connectivity index (χ1v) is 10.6. The largest absolute Gasteiger partial charge is 0.478 e. The molecule has 8 heteroatoms. The highest BCUT2D eigenvalue weighted by atomic mass is 35.5. The molecule has 0 fully saturated rings. The summed E-state index contributed by atoms with van der Waals surface area (Å²) in [6.07, 6.45) is 1.41. The quantitative estimate of drug-likeness (QED) is 0.340. The predicted octanol–water partition coefficient (Wildman–Crippen LogP) is 5.56. The maximum atomic E-state index is 13.2. The highest BCUT2D eigenvalue weighted by molar-refractivity contribution is 6.33. The summed E-state index contributed by atoms with van der Waals surface area (Å²) in [6, 6.07) is 24.1. The van der Waals surface area contributed by atoms with Gasteiger partial charge in [-0.3, -0.25) is 4.79 Å². The number of halogens is 1. The number of aromatic nitrogens is 2. The van der Waals surface area contributed by atoms with Crippen molar-refractivity contribution in [3.05, 3.63) is 112 Å². The fourth-order valence-corrected chi connectivity index (χ4v) is 3.74. The summed E-state index contributed by atoms with van der Waals surface area (Å²) in [5.74, 6) is 0.0556. The van der Waals surface area contributed by atoms with Crippen molar-refractivity contribution in [3.8, 4) is 22.7 Å². The molecule has 5 aromatic rings. The molecule has 2 aromatic heterocycles. The molecule has 0 radical (unpaired) electrons. The number of carbonyl (C=O) groups is 1. The van der Waals surface area contributed by atoms with Crippen LogP contribution in [0, 0.1) is 0 Å². The van der Waals surface area contributed by atoms with Crippen LogP contribution < -0.4 is 5.56 Å². The predicted molar refractivity (Wildman–Crippen MR) is 131 cm³/mol. The van der Waals surface area contributed by atoms with Gasteiger partial charge >= 0.3 is 5.97 Å². The van der Waals surface area contributed by atoms with Crippen LogP contribution in [-0.2, 0) is 0 Å². The van der Waals surface area contributed by atoms with E-state index in [-0.39, 0.29) is 11.1 Å². The molecule has 0 atom stereocenters. The Balaban J connectivity index is 1.58. The molecule has 0 aliphatic carbocycles. The van der Waals surface area contributed by atoms with Gasteiger partial charge in [-0.2, -0.15) is 9.78 Å². The maximum Gasteiger partial charge on any atom is 0.335 e. The average Bonchev–Trinajstić information content (AvgIpc) is 3.33. The number of nitrogens with zero attached hydrogens (tertiary/aromatic N) is 3. The Morgan fingerprint density at radius 1 is 1.00 bits per heavy atom. The molecule has 34 heavy (non-hydrogen) atoms. The number of benzene rings is 3. The lowest BCUT2D eigenvalue weighted by atomic mass is 10.1. The van der Waals surface area contributed by atoms with Gasteiger partial charge in [0.1, 0.15) is 11.5 Å². The van der Waals surface area contributed by atoms with Crippen molar-refractivity contribution in [2.45, 2.75) is 0 Å². The second-order valence-corrected chi connectivity index (χ2v) is 7.79. The van der Waals surface area contributed by atoms with Gasteiger partial charge in [0.2, 0.25) is 0 Å². The Morgan fingerprint density at radius 2 is 1.76 bits per heavy atom. The van der Waals surface area contributed by atoms with Crippen molar-refractivity contribution in [1.29, 1.82) is 0 Å². The third-order valence-corrected chi connectivity index (χ3v) is 5.52. The number of furan rings is 1. The monoisotopic (exact) mass is 469 g/mol. The minimum atomic E-state index is -1.07. The number of rotatable bonds is 5. The van der Waals surface area contributed by atoms with Crippen molar-refractivity contribution < 1.29 is 14.3 Å². The maximum absolute atomic E-state index is 13.2. The molecule has 0 amide bonds. The summed E-state index contributed by atoms with van der Waals surface area (Å²) in [5, 5.41) is 14.4. The molecule has 0 saturated heterocycles. The van der Waals surface area contributed by atoms with Crippen molar-refractivity contribution in [1.82, 2.24) is 9.66 Å². The lowest BCUT2D eigenvalue weighted by Gasteiger charge is -2.09. The number of fused-ring (bicyclic) bond motifs is 1. The molecule has 3 aromatic carbocycles. The Labute approximate surface area is 198 Å². The molecule has 0 bridgehead atoms. The lowest BCUT2D eigenvalue weighted by molar-refractivity contribution is 0.0697. The summed E-state index contributed by atoms with van der Waals surface area (Å²) in [7, 11) is 0. The van der Waals surface area contributed by atoms with Crippen LogP contribution in [0.5, 0.6) is 0 Å². The zero-order valence-corrected chi connectivity index (χ0v) is 18.3. The van der Waals surface area contributed by atoms with Crippen molar-refractivity contribution in [2.75, 3.05) is 0 Å². The summed E-state index contributed by atoms with van der Waals surface area (Å²) in [6.45, 7) is 0. The van der Waals surface area contributed by atoms with Crippen LogP contribution >= 0.6 is 11.6 Å². The van der Waals surface area contributed by atoms with E-state index < -0.39 is 5.97 Å². The number of hydrogen-bond donors (Lipinski definition) is 1. The van der Waals surface area contributed by atoms with Gasteiger partial charge in [0.15, 0.2) is 5.82 Å². The molecular weight excluding hydrogens is 454 g/mol. The van der Waals surface area contributed by atoms with E-state index in [0.29, 0.717) is 38.8 Å². The van der Waals surface area contributed by atoms with E-state index in [4.69, 9.17) is 16.0 Å². The zero-order chi connectivity index (χ0) is 23.7. The van der Waals surface area contributed by atoms with E-state index in [1.54, 1.807) is 30.3 Å². The van der Waals surface area contributed by atoms with Gasteiger partial charge in [-0.1, -0.05) is 54.1 Å². The number of aromatic carboxylic acids is 1. The van der Waals surface area contributed by atoms with E-state index in [1.165, 1.54) is 29.1 Å². The number of hydrogen-bond acceptors (Lipinski definition) is 5. The van der Waals surface area contributed by atoms with E-state index in [1.807, 2.05) is 36.4 Å². The molecule has 0 aliphatic heterocycles. The Hall–Kier alpha value is -4.49. The second-order valence-electron chi connectivity index (χ2n) is 7.38. The number of para-hydroxylation sites is 1. The highest BCUT2D eigenvalue weighted by Crippen LogP contribution is 2.30. The summed E-state index contributed by atoms with van der Waals surface area (Å²) < 4.78 is 7.05. The Morgan fingerprint density at radius 3 is 2.56 bits per heavy atom. The molecule has 5 rings (SSSR count). The summed E-state index contributed by atoms with van der Waals surface area (Å²) in [5.41, 5.74) is 1.53. The molecule has 0 unspecified atom stereocenters. The minimum Gasteiger partial charge on any atom is -0.478 e. The fourth-order valence-electron chi connectivity index (χ4n) is 3.53. The van der Waals surface area contributed by atoms with Crippen molar-refractivity contribution in [3.63, 3.8) is 0 Å². The Kier molecular flexibility index (Phi) is 5.53. The van der Waals surface area contributed by atoms with Gasteiger partial charge in [0, 0.05) is 11.1 Å². The number of carboxylic acid groups (broad SMARTS) is 1. The van der Waals surface area contributed by atoms with E-state index in [9.17, 15) is 14.7 Å². The van der Waals surface area contributed by atoms with Crippen LogP contribution in [-0.4, -0.2) is 27.0 Å². The molecule has 2 heterocycles. The molecule has 7 nitrogen and oxygen atoms in total. The first kappa shape index (κ1) is 21.4. The van der Waals surface area contributed by atoms with Gasteiger partial charge in [0.25, 0.3) is 5.56 Å². The fraction of sp³-hybridized carbons (Fsp3) is 0. The van der Waals surface area contributed by atoms with Crippen LogP contribution in [0.15, 0.2) is 99.2 Å². The summed E-state index contributed by atoms with van der Waals surface area (Å²) >= 11 is 6.24. The van der Waals surface area contributed by atoms with Crippen LogP contribution in [0.4, 0.5) is 0 Å². The van der Waals surface area contributed by atoms with Crippen molar-refractivity contribution >= 4 is 34.7 Å². The molecule has 0 saturated carbocycles. The SMILES string of the molecule is O=C(O)c1ccc(Cl)c(-c2ccc(C=Nn3c(-c4ccccc4)nc4ccccc4c3=O)o2)c1. The van der Waals surface area contributed by atoms with Crippen LogP contribution in [0.3, 0.4) is 0 Å². The standard InChI is InChI=1S/C26H16ClN3O4/c27-21-12-10-17(26(32)33)14-20(21)23-13-11-18(34-23)15-28-30-24(16-6-2-1-3-7-16)29-22-9-5-4-8-19(22)25(30)31/h1-15H,(H,32,33). The third-order valence-electron chi connectivity index (χ3n) is 5.19. The van der Waals surface area contributed by atoms with E-state index in [2.05, 4.69) is 10.1 Å². The minimum absolute atomic E-state index is 0.0901. The third kappa shape index (κ3) is 4.00.